The van der Waals surface area contributed by atoms with Crippen molar-refractivity contribution in [3.8, 4) is 0 Å². The first kappa shape index (κ1) is 13.2. The average molecular weight is 269 g/mol. The van der Waals surface area contributed by atoms with Gasteiger partial charge in [-0.3, -0.25) is 4.79 Å². The standard InChI is InChI=1S/C12H17ClN4O/c1-7-6-10(17-12(13)15-7)11(18)16-9-4-2-8(14)3-5-9/h6,8-9H,2-5,14H2,1H3,(H,16,18). The maximum atomic E-state index is 12.0. The average Bonchev–Trinajstić information content (AvgIpc) is 2.31. The van der Waals surface area contributed by atoms with Crippen LogP contribution in [0, 0.1) is 6.92 Å². The number of carbonyl (C=O) groups excluding carboxylic acids is 1. The summed E-state index contributed by atoms with van der Waals surface area (Å²) in [7, 11) is 0. The molecule has 0 aromatic carbocycles. The predicted octanol–water partition coefficient (Wildman–Crippen LogP) is 1.44. The van der Waals surface area contributed by atoms with Crippen LogP contribution >= 0.6 is 11.6 Å². The molecule has 5 nitrogen and oxygen atoms in total. The van der Waals surface area contributed by atoms with E-state index >= 15 is 0 Å². The van der Waals surface area contributed by atoms with Gasteiger partial charge in [0, 0.05) is 17.8 Å². The maximum Gasteiger partial charge on any atom is 0.270 e. The summed E-state index contributed by atoms with van der Waals surface area (Å²) in [6.07, 6.45) is 3.75. The van der Waals surface area contributed by atoms with E-state index in [0.717, 1.165) is 25.7 Å². The second-order valence-corrected chi connectivity index (χ2v) is 5.09. The molecule has 0 atom stereocenters. The van der Waals surface area contributed by atoms with Crippen molar-refractivity contribution >= 4 is 17.5 Å². The van der Waals surface area contributed by atoms with E-state index in [1.165, 1.54) is 0 Å². The van der Waals surface area contributed by atoms with Crippen LogP contribution in [0.5, 0.6) is 0 Å². The lowest BCUT2D eigenvalue weighted by atomic mass is 9.92. The van der Waals surface area contributed by atoms with Crippen LogP contribution < -0.4 is 11.1 Å². The first-order valence-electron chi connectivity index (χ1n) is 6.12. The van der Waals surface area contributed by atoms with E-state index in [4.69, 9.17) is 17.3 Å². The van der Waals surface area contributed by atoms with Crippen molar-refractivity contribution in [3.63, 3.8) is 0 Å². The number of amides is 1. The van der Waals surface area contributed by atoms with Gasteiger partial charge in [0.05, 0.1) is 0 Å². The molecule has 3 N–H and O–H groups in total. The maximum absolute atomic E-state index is 12.0. The molecule has 0 bridgehead atoms. The molecule has 1 fully saturated rings. The second-order valence-electron chi connectivity index (χ2n) is 4.75. The van der Waals surface area contributed by atoms with Crippen molar-refractivity contribution in [2.24, 2.45) is 5.73 Å². The first-order valence-corrected chi connectivity index (χ1v) is 6.50. The summed E-state index contributed by atoms with van der Waals surface area (Å²) < 4.78 is 0. The van der Waals surface area contributed by atoms with Crippen LogP contribution in [0.15, 0.2) is 6.07 Å². The Labute approximate surface area is 111 Å². The Kier molecular flexibility index (Phi) is 4.14. The summed E-state index contributed by atoms with van der Waals surface area (Å²) in [5.74, 6) is -0.192. The summed E-state index contributed by atoms with van der Waals surface area (Å²) >= 11 is 5.74. The van der Waals surface area contributed by atoms with E-state index in [0.29, 0.717) is 11.4 Å². The topological polar surface area (TPSA) is 80.9 Å². The molecule has 1 aliphatic carbocycles. The van der Waals surface area contributed by atoms with Crippen molar-refractivity contribution in [2.45, 2.75) is 44.7 Å². The number of carbonyl (C=O) groups is 1. The van der Waals surface area contributed by atoms with E-state index in [9.17, 15) is 4.79 Å². The van der Waals surface area contributed by atoms with Gasteiger partial charge in [0.15, 0.2) is 0 Å². The fourth-order valence-electron chi connectivity index (χ4n) is 2.17. The van der Waals surface area contributed by atoms with Gasteiger partial charge in [0.1, 0.15) is 5.69 Å². The van der Waals surface area contributed by atoms with Crippen LogP contribution in [-0.4, -0.2) is 28.0 Å². The first-order chi connectivity index (χ1) is 8.54. The number of aryl methyl sites for hydroxylation is 1. The van der Waals surface area contributed by atoms with E-state index in [1.807, 2.05) is 0 Å². The molecule has 1 aromatic rings. The number of hydrogen-bond donors (Lipinski definition) is 2. The minimum absolute atomic E-state index is 0.103. The van der Waals surface area contributed by atoms with Crippen LogP contribution in [0.3, 0.4) is 0 Å². The molecule has 0 radical (unpaired) electrons. The third kappa shape index (κ3) is 3.40. The van der Waals surface area contributed by atoms with E-state index in [2.05, 4.69) is 15.3 Å². The third-order valence-electron chi connectivity index (χ3n) is 3.17. The zero-order valence-corrected chi connectivity index (χ0v) is 11.1. The van der Waals surface area contributed by atoms with Gasteiger partial charge in [-0.1, -0.05) is 0 Å². The lowest BCUT2D eigenvalue weighted by Crippen LogP contribution is -2.40. The molecular formula is C12H17ClN4O. The molecule has 18 heavy (non-hydrogen) atoms. The van der Waals surface area contributed by atoms with Gasteiger partial charge in [-0.05, 0) is 50.3 Å². The molecule has 2 rings (SSSR count). The van der Waals surface area contributed by atoms with Gasteiger partial charge in [0.25, 0.3) is 5.91 Å². The van der Waals surface area contributed by atoms with Crippen molar-refractivity contribution < 1.29 is 4.79 Å². The van der Waals surface area contributed by atoms with Crippen molar-refractivity contribution in [1.29, 1.82) is 0 Å². The summed E-state index contributed by atoms with van der Waals surface area (Å²) in [5, 5.41) is 3.07. The van der Waals surface area contributed by atoms with Gasteiger partial charge in [0.2, 0.25) is 5.28 Å². The number of halogens is 1. The molecule has 0 spiro atoms. The smallest absolute Gasteiger partial charge is 0.270 e. The van der Waals surface area contributed by atoms with E-state index in [1.54, 1.807) is 13.0 Å². The van der Waals surface area contributed by atoms with Crippen LogP contribution in [0.2, 0.25) is 5.28 Å². The molecule has 0 saturated heterocycles. The molecule has 1 saturated carbocycles. The monoisotopic (exact) mass is 268 g/mol. The molecule has 0 unspecified atom stereocenters. The third-order valence-corrected chi connectivity index (χ3v) is 3.34. The molecular weight excluding hydrogens is 252 g/mol. The minimum Gasteiger partial charge on any atom is -0.348 e. The quantitative estimate of drug-likeness (QED) is 0.796. The number of nitrogens with zero attached hydrogens (tertiary/aromatic N) is 2. The van der Waals surface area contributed by atoms with Crippen LogP contribution in [0.4, 0.5) is 0 Å². The van der Waals surface area contributed by atoms with Gasteiger partial charge < -0.3 is 11.1 Å². The Morgan fingerprint density at radius 2 is 2.06 bits per heavy atom. The summed E-state index contributed by atoms with van der Waals surface area (Å²) in [6, 6.07) is 2.09. The lowest BCUT2D eigenvalue weighted by Gasteiger charge is -2.26. The number of rotatable bonds is 2. The molecule has 98 valence electrons. The van der Waals surface area contributed by atoms with Crippen molar-refractivity contribution in [1.82, 2.24) is 15.3 Å². The van der Waals surface area contributed by atoms with E-state index < -0.39 is 0 Å². The highest BCUT2D eigenvalue weighted by Gasteiger charge is 2.21. The lowest BCUT2D eigenvalue weighted by molar-refractivity contribution is 0.0920. The Balaban J connectivity index is 1.99. The van der Waals surface area contributed by atoms with Crippen molar-refractivity contribution in [2.75, 3.05) is 0 Å². The molecule has 6 heteroatoms. The van der Waals surface area contributed by atoms with Gasteiger partial charge in [-0.25, -0.2) is 9.97 Å². The molecule has 1 heterocycles. The zero-order chi connectivity index (χ0) is 13.1. The van der Waals surface area contributed by atoms with Crippen LogP contribution in [0.25, 0.3) is 0 Å². The number of nitrogens with one attached hydrogen (secondary N) is 1. The van der Waals surface area contributed by atoms with Crippen LogP contribution in [-0.2, 0) is 0 Å². The fourth-order valence-corrected chi connectivity index (χ4v) is 2.40. The van der Waals surface area contributed by atoms with Crippen molar-refractivity contribution in [3.05, 3.63) is 22.7 Å². The Morgan fingerprint density at radius 1 is 1.39 bits per heavy atom. The molecule has 1 aromatic heterocycles. The van der Waals surface area contributed by atoms with Gasteiger partial charge in [-0.15, -0.1) is 0 Å². The fraction of sp³-hybridized carbons (Fsp3) is 0.583. The molecule has 0 aliphatic heterocycles. The summed E-state index contributed by atoms with van der Waals surface area (Å²) in [5.41, 5.74) is 6.84. The molecule has 1 amide bonds. The highest BCUT2D eigenvalue weighted by Crippen LogP contribution is 2.17. The number of hydrogen-bond acceptors (Lipinski definition) is 4. The minimum atomic E-state index is -0.192. The number of aromatic nitrogens is 2. The molecule has 1 aliphatic rings. The predicted molar refractivity (Wildman–Crippen MR) is 69.5 cm³/mol. The highest BCUT2D eigenvalue weighted by molar-refractivity contribution is 6.28. The van der Waals surface area contributed by atoms with Gasteiger partial charge >= 0.3 is 0 Å². The number of nitrogens with two attached hydrogens (primary N) is 1. The van der Waals surface area contributed by atoms with Crippen LogP contribution in [0.1, 0.15) is 41.9 Å². The summed E-state index contributed by atoms with van der Waals surface area (Å²) in [6.45, 7) is 1.78. The van der Waals surface area contributed by atoms with Gasteiger partial charge in [-0.2, -0.15) is 0 Å². The Bertz CT molecular complexity index is 423. The Hall–Kier alpha value is -1.20. The highest BCUT2D eigenvalue weighted by atomic mass is 35.5. The summed E-state index contributed by atoms with van der Waals surface area (Å²) in [4.78, 5) is 19.9. The largest absolute Gasteiger partial charge is 0.348 e. The normalized spacial score (nSPS) is 23.7. The second kappa shape index (κ2) is 5.63. The van der Waals surface area contributed by atoms with E-state index in [-0.39, 0.29) is 23.3 Å². The SMILES string of the molecule is Cc1cc(C(=O)NC2CCC(N)CC2)nc(Cl)n1. The Morgan fingerprint density at radius 3 is 2.67 bits per heavy atom. The zero-order valence-electron chi connectivity index (χ0n) is 10.3.